The molecule has 2 atom stereocenters. The number of aliphatic hydroxyl groups excluding tert-OH is 1. The Morgan fingerprint density at radius 2 is 1.90 bits per heavy atom. The molecule has 21 heavy (non-hydrogen) atoms. The van der Waals surface area contributed by atoms with Crippen molar-refractivity contribution >= 4 is 17.7 Å². The number of nitrogens with zero attached hydrogens (tertiary/aromatic N) is 1. The summed E-state index contributed by atoms with van der Waals surface area (Å²) in [6, 6.07) is 3.36. The number of aliphatic carboxylic acids is 1. The van der Waals surface area contributed by atoms with Gasteiger partial charge >= 0.3 is 12.0 Å². The third-order valence-electron chi connectivity index (χ3n) is 2.64. The van der Waals surface area contributed by atoms with Crippen LogP contribution in [0.25, 0.3) is 0 Å². The van der Waals surface area contributed by atoms with Crippen LogP contribution in [0.4, 0.5) is 10.5 Å². The van der Waals surface area contributed by atoms with E-state index in [1.165, 1.54) is 31.2 Å². The molecule has 0 saturated carbocycles. The standard InChI is InChI=1S/C12H15N3O6/c1-7(16)10(11(17)18)14-12(19)13-6-8-2-4-9(5-3-8)15(20)21/h2-5,7,10,16H,6H2,1H3,(H,17,18)(H2,13,14,19)/t7-,10+/m1/s1. The summed E-state index contributed by atoms with van der Waals surface area (Å²) in [6.45, 7) is 1.31. The monoisotopic (exact) mass is 297 g/mol. The molecule has 0 spiro atoms. The zero-order chi connectivity index (χ0) is 16.0. The van der Waals surface area contributed by atoms with E-state index in [1.54, 1.807) is 0 Å². The number of amides is 2. The molecule has 2 amide bonds. The lowest BCUT2D eigenvalue weighted by molar-refractivity contribution is -0.384. The van der Waals surface area contributed by atoms with Gasteiger partial charge in [0.1, 0.15) is 0 Å². The molecule has 0 radical (unpaired) electrons. The largest absolute Gasteiger partial charge is 0.480 e. The molecule has 1 aromatic carbocycles. The van der Waals surface area contributed by atoms with Gasteiger partial charge in [0.25, 0.3) is 5.69 Å². The van der Waals surface area contributed by atoms with Crippen molar-refractivity contribution in [3.63, 3.8) is 0 Å². The Balaban J connectivity index is 2.52. The number of nitro benzene ring substituents is 1. The number of urea groups is 1. The molecule has 0 fully saturated rings. The number of carboxylic acids is 1. The molecule has 0 aliphatic heterocycles. The Bertz CT molecular complexity index is 528. The minimum atomic E-state index is -1.41. The average Bonchev–Trinajstić information content (AvgIpc) is 2.42. The van der Waals surface area contributed by atoms with E-state index >= 15 is 0 Å². The normalized spacial score (nSPS) is 13.0. The van der Waals surface area contributed by atoms with Crippen molar-refractivity contribution in [1.29, 1.82) is 0 Å². The van der Waals surface area contributed by atoms with Crippen LogP contribution >= 0.6 is 0 Å². The van der Waals surface area contributed by atoms with Gasteiger partial charge in [-0.3, -0.25) is 10.1 Å². The smallest absolute Gasteiger partial charge is 0.328 e. The molecule has 0 saturated heterocycles. The molecule has 9 heteroatoms. The van der Waals surface area contributed by atoms with Gasteiger partial charge in [-0.15, -0.1) is 0 Å². The predicted molar refractivity (Wildman–Crippen MR) is 71.6 cm³/mol. The number of benzene rings is 1. The van der Waals surface area contributed by atoms with Crippen LogP contribution in [0, 0.1) is 10.1 Å². The van der Waals surface area contributed by atoms with Crippen molar-refractivity contribution in [2.24, 2.45) is 0 Å². The number of carbonyl (C=O) groups is 2. The molecule has 4 N–H and O–H groups in total. The minimum absolute atomic E-state index is 0.0655. The summed E-state index contributed by atoms with van der Waals surface area (Å²) in [5, 5.41) is 33.0. The lowest BCUT2D eigenvalue weighted by Crippen LogP contribution is -2.50. The number of nitro groups is 1. The van der Waals surface area contributed by atoms with E-state index in [9.17, 15) is 24.8 Å². The van der Waals surface area contributed by atoms with Gasteiger partial charge in [-0.1, -0.05) is 12.1 Å². The number of hydrogen-bond acceptors (Lipinski definition) is 5. The van der Waals surface area contributed by atoms with Crippen LogP contribution < -0.4 is 10.6 Å². The van der Waals surface area contributed by atoms with E-state index in [2.05, 4.69) is 10.6 Å². The number of hydrogen-bond donors (Lipinski definition) is 4. The lowest BCUT2D eigenvalue weighted by atomic mass is 10.2. The number of nitrogens with one attached hydrogen (secondary N) is 2. The summed E-state index contributed by atoms with van der Waals surface area (Å²) in [5.74, 6) is -1.35. The Hall–Kier alpha value is -2.68. The molecule has 0 bridgehead atoms. The maximum Gasteiger partial charge on any atom is 0.328 e. The minimum Gasteiger partial charge on any atom is -0.480 e. The van der Waals surface area contributed by atoms with Gasteiger partial charge in [0.2, 0.25) is 0 Å². The topological polar surface area (TPSA) is 142 Å². The number of non-ortho nitro benzene ring substituents is 1. The molecule has 0 heterocycles. The van der Waals surface area contributed by atoms with E-state index in [0.29, 0.717) is 5.56 Å². The Morgan fingerprint density at radius 1 is 1.33 bits per heavy atom. The van der Waals surface area contributed by atoms with Crippen molar-refractivity contribution in [2.75, 3.05) is 0 Å². The molecule has 114 valence electrons. The zero-order valence-electron chi connectivity index (χ0n) is 11.1. The third-order valence-corrected chi connectivity index (χ3v) is 2.64. The third kappa shape index (κ3) is 5.07. The molecular formula is C12H15N3O6. The highest BCUT2D eigenvalue weighted by Crippen LogP contribution is 2.11. The van der Waals surface area contributed by atoms with Crippen molar-refractivity contribution in [3.8, 4) is 0 Å². The fraction of sp³-hybridized carbons (Fsp3) is 0.333. The summed E-state index contributed by atoms with van der Waals surface area (Å²) in [4.78, 5) is 32.2. The van der Waals surface area contributed by atoms with Crippen LogP contribution in [0.5, 0.6) is 0 Å². The zero-order valence-corrected chi connectivity index (χ0v) is 11.1. The van der Waals surface area contributed by atoms with Gasteiger partial charge in [0.05, 0.1) is 11.0 Å². The first-order chi connectivity index (χ1) is 9.81. The maximum absolute atomic E-state index is 11.5. The van der Waals surface area contributed by atoms with Gasteiger partial charge < -0.3 is 20.8 Å². The Kier molecular flexibility index (Phi) is 5.61. The van der Waals surface area contributed by atoms with E-state index in [1.807, 2.05) is 0 Å². The highest BCUT2D eigenvalue weighted by Gasteiger charge is 2.24. The van der Waals surface area contributed by atoms with E-state index in [0.717, 1.165) is 0 Å². The fourth-order valence-corrected chi connectivity index (χ4v) is 1.50. The summed E-state index contributed by atoms with van der Waals surface area (Å²) in [5.41, 5.74) is 0.544. The summed E-state index contributed by atoms with van der Waals surface area (Å²) in [7, 11) is 0. The maximum atomic E-state index is 11.5. The Labute approximate surface area is 119 Å². The van der Waals surface area contributed by atoms with Crippen molar-refractivity contribution in [2.45, 2.75) is 25.6 Å². The van der Waals surface area contributed by atoms with E-state index in [-0.39, 0.29) is 12.2 Å². The van der Waals surface area contributed by atoms with Crippen molar-refractivity contribution in [3.05, 3.63) is 39.9 Å². The molecule has 0 aliphatic carbocycles. The second-order valence-corrected chi connectivity index (χ2v) is 4.31. The molecule has 0 aromatic heterocycles. The van der Waals surface area contributed by atoms with Crippen LogP contribution in [0.1, 0.15) is 12.5 Å². The molecular weight excluding hydrogens is 282 g/mol. The van der Waals surface area contributed by atoms with Gasteiger partial charge in [-0.05, 0) is 12.5 Å². The number of carbonyl (C=O) groups excluding carboxylic acids is 1. The van der Waals surface area contributed by atoms with Gasteiger partial charge in [0.15, 0.2) is 6.04 Å². The summed E-state index contributed by atoms with van der Waals surface area (Å²) < 4.78 is 0. The first-order valence-electron chi connectivity index (χ1n) is 6.00. The number of aliphatic hydroxyl groups is 1. The van der Waals surface area contributed by atoms with Crippen LogP contribution in [0.2, 0.25) is 0 Å². The predicted octanol–water partition coefficient (Wildman–Crippen LogP) is 0.228. The van der Waals surface area contributed by atoms with Gasteiger partial charge in [-0.25, -0.2) is 9.59 Å². The molecule has 0 unspecified atom stereocenters. The van der Waals surface area contributed by atoms with Gasteiger partial charge in [0, 0.05) is 18.7 Å². The fourth-order valence-electron chi connectivity index (χ4n) is 1.50. The van der Waals surface area contributed by atoms with Crippen molar-refractivity contribution < 1.29 is 24.7 Å². The highest BCUT2D eigenvalue weighted by molar-refractivity contribution is 5.82. The van der Waals surface area contributed by atoms with Crippen LogP contribution in [-0.2, 0) is 11.3 Å². The number of carboxylic acid groups (broad SMARTS) is 1. The summed E-state index contributed by atoms with van der Waals surface area (Å²) in [6.07, 6.45) is -1.24. The second-order valence-electron chi connectivity index (χ2n) is 4.31. The quantitative estimate of drug-likeness (QED) is 0.437. The first kappa shape index (κ1) is 16.4. The second kappa shape index (κ2) is 7.20. The summed E-state index contributed by atoms with van der Waals surface area (Å²) >= 11 is 0. The van der Waals surface area contributed by atoms with Crippen molar-refractivity contribution in [1.82, 2.24) is 10.6 Å². The molecule has 1 aromatic rings. The van der Waals surface area contributed by atoms with E-state index < -0.39 is 29.1 Å². The van der Waals surface area contributed by atoms with Crippen LogP contribution in [-0.4, -0.2) is 39.3 Å². The van der Waals surface area contributed by atoms with Crippen LogP contribution in [0.3, 0.4) is 0 Å². The Morgan fingerprint density at radius 3 is 2.33 bits per heavy atom. The SMILES string of the molecule is C[C@@H](O)[C@H](NC(=O)NCc1ccc([N+](=O)[O-])cc1)C(=O)O. The molecule has 0 aliphatic rings. The molecule has 9 nitrogen and oxygen atoms in total. The lowest BCUT2D eigenvalue weighted by Gasteiger charge is -2.17. The first-order valence-corrected chi connectivity index (χ1v) is 6.00. The van der Waals surface area contributed by atoms with Crippen LogP contribution in [0.15, 0.2) is 24.3 Å². The highest BCUT2D eigenvalue weighted by atomic mass is 16.6. The average molecular weight is 297 g/mol. The number of rotatable bonds is 6. The van der Waals surface area contributed by atoms with E-state index in [4.69, 9.17) is 5.11 Å². The molecule has 1 rings (SSSR count). The van der Waals surface area contributed by atoms with Gasteiger partial charge in [-0.2, -0.15) is 0 Å².